The monoisotopic (exact) mass is 308 g/mol. The molecule has 2 aliphatic rings. The van der Waals surface area contributed by atoms with Gasteiger partial charge in [0.1, 0.15) is 6.54 Å². The summed E-state index contributed by atoms with van der Waals surface area (Å²) in [5.74, 6) is 0.538. The van der Waals surface area contributed by atoms with Crippen LogP contribution in [0.25, 0.3) is 0 Å². The molecular weight excluding hydrogens is 288 g/mol. The van der Waals surface area contributed by atoms with Gasteiger partial charge in [-0.2, -0.15) is 0 Å². The Labute approximate surface area is 128 Å². The summed E-state index contributed by atoms with van der Waals surface area (Å²) < 4.78 is 0. The molecule has 0 saturated heterocycles. The van der Waals surface area contributed by atoms with Crippen LogP contribution in [-0.2, 0) is 17.8 Å². The summed E-state index contributed by atoms with van der Waals surface area (Å²) in [5, 5.41) is 11.0. The van der Waals surface area contributed by atoms with Crippen LogP contribution in [0.15, 0.2) is 11.4 Å². The Morgan fingerprint density at radius 1 is 1.43 bits per heavy atom. The van der Waals surface area contributed by atoms with E-state index in [9.17, 15) is 9.59 Å². The summed E-state index contributed by atoms with van der Waals surface area (Å²) in [7, 11) is 1.45. The first-order valence-corrected chi connectivity index (χ1v) is 8.23. The Balaban J connectivity index is 1.78. The van der Waals surface area contributed by atoms with Crippen molar-refractivity contribution in [3.8, 4) is 0 Å². The van der Waals surface area contributed by atoms with E-state index < -0.39 is 6.09 Å². The summed E-state index contributed by atoms with van der Waals surface area (Å²) in [4.78, 5) is 27.7. The van der Waals surface area contributed by atoms with E-state index in [0.29, 0.717) is 12.5 Å². The molecule has 6 heteroatoms. The normalized spacial score (nSPS) is 21.6. The van der Waals surface area contributed by atoms with Crippen LogP contribution in [0.3, 0.4) is 0 Å². The van der Waals surface area contributed by atoms with Crippen LogP contribution in [0.4, 0.5) is 4.79 Å². The SMILES string of the molecule is CN(CC(=O)N1Cc2sccc2CCC1C1CC1)C(=O)O. The fourth-order valence-corrected chi connectivity index (χ4v) is 4.00. The van der Waals surface area contributed by atoms with E-state index in [1.807, 2.05) is 4.90 Å². The number of aryl methyl sites for hydroxylation is 1. The second-order valence-electron chi connectivity index (χ2n) is 5.97. The molecule has 2 heterocycles. The smallest absolute Gasteiger partial charge is 0.407 e. The van der Waals surface area contributed by atoms with Crippen LogP contribution in [0.5, 0.6) is 0 Å². The number of hydrogen-bond donors (Lipinski definition) is 1. The lowest BCUT2D eigenvalue weighted by Gasteiger charge is -2.31. The Kier molecular flexibility index (Phi) is 3.89. The molecule has 5 nitrogen and oxygen atoms in total. The number of hydrogen-bond acceptors (Lipinski definition) is 3. The first-order chi connectivity index (χ1) is 10.1. The van der Waals surface area contributed by atoms with Crippen molar-refractivity contribution in [1.29, 1.82) is 0 Å². The summed E-state index contributed by atoms with van der Waals surface area (Å²) in [6.07, 6.45) is 3.35. The maximum absolute atomic E-state index is 12.6. The molecule has 21 heavy (non-hydrogen) atoms. The lowest BCUT2D eigenvalue weighted by atomic mass is 10.0. The fourth-order valence-electron chi connectivity index (χ4n) is 3.07. The zero-order valence-corrected chi connectivity index (χ0v) is 12.9. The maximum Gasteiger partial charge on any atom is 0.407 e. The number of nitrogens with zero attached hydrogens (tertiary/aromatic N) is 2. The van der Waals surface area contributed by atoms with Crippen LogP contribution in [0.2, 0.25) is 0 Å². The molecule has 1 aliphatic heterocycles. The first kappa shape index (κ1) is 14.4. The van der Waals surface area contributed by atoms with Crippen molar-refractivity contribution in [1.82, 2.24) is 9.80 Å². The van der Waals surface area contributed by atoms with Gasteiger partial charge < -0.3 is 14.9 Å². The molecule has 1 atom stereocenters. The van der Waals surface area contributed by atoms with Crippen LogP contribution in [0.1, 0.15) is 29.7 Å². The van der Waals surface area contributed by atoms with E-state index in [1.54, 1.807) is 11.3 Å². The molecule has 1 fully saturated rings. The van der Waals surface area contributed by atoms with Crippen LogP contribution < -0.4 is 0 Å². The van der Waals surface area contributed by atoms with Crippen molar-refractivity contribution in [3.05, 3.63) is 21.9 Å². The summed E-state index contributed by atoms with van der Waals surface area (Å²) in [5.41, 5.74) is 1.35. The van der Waals surface area contributed by atoms with Gasteiger partial charge in [0.05, 0.1) is 6.54 Å². The van der Waals surface area contributed by atoms with E-state index in [4.69, 9.17) is 5.11 Å². The number of thiophene rings is 1. The van der Waals surface area contributed by atoms with E-state index in [0.717, 1.165) is 17.7 Å². The molecule has 1 aliphatic carbocycles. The molecule has 0 spiro atoms. The highest BCUT2D eigenvalue weighted by atomic mass is 32.1. The van der Waals surface area contributed by atoms with Gasteiger partial charge in [0.2, 0.25) is 5.91 Å². The third-order valence-electron chi connectivity index (χ3n) is 4.45. The molecule has 114 valence electrons. The van der Waals surface area contributed by atoms with Crippen LogP contribution in [0, 0.1) is 5.92 Å². The van der Waals surface area contributed by atoms with E-state index in [-0.39, 0.29) is 18.5 Å². The minimum atomic E-state index is -1.06. The number of fused-ring (bicyclic) bond motifs is 1. The predicted molar refractivity (Wildman–Crippen MR) is 80.4 cm³/mol. The number of likely N-dealkylation sites (N-methyl/N-ethyl adjacent to an activating group) is 1. The van der Waals surface area contributed by atoms with Crippen molar-refractivity contribution in [2.24, 2.45) is 5.92 Å². The molecule has 1 N–H and O–H groups in total. The average Bonchev–Trinajstić information content (AvgIpc) is 3.21. The third kappa shape index (κ3) is 3.05. The van der Waals surface area contributed by atoms with Gasteiger partial charge in [0, 0.05) is 18.0 Å². The number of rotatable bonds is 3. The van der Waals surface area contributed by atoms with E-state index in [1.165, 1.54) is 30.3 Å². The number of carbonyl (C=O) groups excluding carboxylic acids is 1. The topological polar surface area (TPSA) is 60.9 Å². The van der Waals surface area contributed by atoms with Gasteiger partial charge >= 0.3 is 6.09 Å². The van der Waals surface area contributed by atoms with Gasteiger partial charge in [-0.25, -0.2) is 4.79 Å². The average molecular weight is 308 g/mol. The Morgan fingerprint density at radius 3 is 2.86 bits per heavy atom. The van der Waals surface area contributed by atoms with Gasteiger partial charge in [-0.15, -0.1) is 11.3 Å². The largest absolute Gasteiger partial charge is 0.465 e. The fraction of sp³-hybridized carbons (Fsp3) is 0.600. The van der Waals surface area contributed by atoms with Crippen molar-refractivity contribution >= 4 is 23.3 Å². The van der Waals surface area contributed by atoms with Crippen molar-refractivity contribution in [3.63, 3.8) is 0 Å². The summed E-state index contributed by atoms with van der Waals surface area (Å²) in [6.45, 7) is 0.583. The molecule has 2 amide bonds. The lowest BCUT2D eigenvalue weighted by molar-refractivity contribution is -0.135. The van der Waals surface area contributed by atoms with Crippen LogP contribution >= 0.6 is 11.3 Å². The molecule has 0 radical (unpaired) electrons. The van der Waals surface area contributed by atoms with E-state index in [2.05, 4.69) is 11.4 Å². The summed E-state index contributed by atoms with van der Waals surface area (Å²) >= 11 is 1.70. The van der Waals surface area contributed by atoms with Gasteiger partial charge in [0.25, 0.3) is 0 Å². The highest BCUT2D eigenvalue weighted by Gasteiger charge is 2.39. The standard InChI is InChI=1S/C15H20N2O3S/c1-16(15(19)20)9-14(18)17-8-13-11(6-7-21-13)4-5-12(17)10-2-3-10/h6-7,10,12H,2-5,8-9H2,1H3,(H,19,20). The number of carbonyl (C=O) groups is 2. The maximum atomic E-state index is 12.6. The molecule has 1 aromatic heterocycles. The second kappa shape index (κ2) is 5.67. The van der Waals surface area contributed by atoms with Gasteiger partial charge in [-0.1, -0.05) is 0 Å². The molecule has 3 rings (SSSR count). The van der Waals surface area contributed by atoms with Crippen molar-refractivity contribution < 1.29 is 14.7 Å². The minimum absolute atomic E-state index is 0.0563. The molecule has 0 aromatic carbocycles. The van der Waals surface area contributed by atoms with E-state index >= 15 is 0 Å². The Morgan fingerprint density at radius 2 is 2.19 bits per heavy atom. The number of carboxylic acid groups (broad SMARTS) is 1. The first-order valence-electron chi connectivity index (χ1n) is 7.35. The summed E-state index contributed by atoms with van der Waals surface area (Å²) in [6, 6.07) is 2.43. The number of amides is 2. The lowest BCUT2D eigenvalue weighted by Crippen LogP contribution is -2.45. The highest BCUT2D eigenvalue weighted by Crippen LogP contribution is 2.40. The zero-order valence-electron chi connectivity index (χ0n) is 12.1. The van der Waals surface area contributed by atoms with Crippen molar-refractivity contribution in [2.75, 3.05) is 13.6 Å². The Hall–Kier alpha value is -1.56. The molecule has 1 aromatic rings. The van der Waals surface area contributed by atoms with Crippen LogP contribution in [-0.4, -0.2) is 46.5 Å². The molecular formula is C15H20N2O3S. The predicted octanol–water partition coefficient (Wildman–Crippen LogP) is 2.41. The zero-order chi connectivity index (χ0) is 15.0. The van der Waals surface area contributed by atoms with Gasteiger partial charge in [-0.05, 0) is 48.6 Å². The second-order valence-corrected chi connectivity index (χ2v) is 6.97. The molecule has 1 unspecified atom stereocenters. The molecule has 1 saturated carbocycles. The highest BCUT2D eigenvalue weighted by molar-refractivity contribution is 7.10. The molecule has 0 bridgehead atoms. The van der Waals surface area contributed by atoms with Gasteiger partial charge in [0.15, 0.2) is 0 Å². The quantitative estimate of drug-likeness (QED) is 0.933. The van der Waals surface area contributed by atoms with Crippen molar-refractivity contribution in [2.45, 2.75) is 38.3 Å². The Bertz CT molecular complexity index is 553. The minimum Gasteiger partial charge on any atom is -0.465 e. The van der Waals surface area contributed by atoms with Gasteiger partial charge in [-0.3, -0.25) is 4.79 Å². The third-order valence-corrected chi connectivity index (χ3v) is 5.39.